The second-order valence-electron chi connectivity index (χ2n) is 4.33. The zero-order chi connectivity index (χ0) is 14.4. The number of amides is 1. The van der Waals surface area contributed by atoms with Gasteiger partial charge in [-0.1, -0.05) is 6.92 Å². The van der Waals surface area contributed by atoms with Crippen LogP contribution in [0.2, 0.25) is 0 Å². The summed E-state index contributed by atoms with van der Waals surface area (Å²) in [5.74, 6) is -0.980. The Morgan fingerprint density at radius 1 is 1.53 bits per heavy atom. The number of nitrogens with one attached hydrogen (secondary N) is 1. The minimum Gasteiger partial charge on any atom is -0.478 e. The van der Waals surface area contributed by atoms with E-state index in [0.717, 1.165) is 12.5 Å². The highest BCUT2D eigenvalue weighted by atomic mass is 19.1. The van der Waals surface area contributed by atoms with Gasteiger partial charge >= 0.3 is 0 Å². The van der Waals surface area contributed by atoms with Gasteiger partial charge in [-0.15, -0.1) is 0 Å². The number of carbonyl (C=O) groups excluding carboxylic acids is 1. The van der Waals surface area contributed by atoms with Crippen molar-refractivity contribution in [1.82, 2.24) is 5.32 Å². The van der Waals surface area contributed by atoms with Crippen LogP contribution in [-0.4, -0.2) is 18.1 Å². The molecule has 2 atom stereocenters. The molecule has 0 aliphatic carbocycles. The fourth-order valence-corrected chi connectivity index (χ4v) is 1.37. The van der Waals surface area contributed by atoms with E-state index in [1.54, 1.807) is 6.92 Å². The Balaban J connectivity index is 2.69. The Kier molecular flexibility index (Phi) is 5.31. The molecule has 1 aromatic carbocycles. The van der Waals surface area contributed by atoms with Crippen molar-refractivity contribution in [1.29, 1.82) is 5.26 Å². The van der Waals surface area contributed by atoms with Crippen LogP contribution in [0.5, 0.6) is 5.75 Å². The predicted molar refractivity (Wildman–Crippen MR) is 69.1 cm³/mol. The Labute approximate surface area is 112 Å². The molecular weight excluding hydrogens is 247 g/mol. The normalized spacial score (nSPS) is 13.2. The molecule has 2 unspecified atom stereocenters. The summed E-state index contributed by atoms with van der Waals surface area (Å²) in [4.78, 5) is 11.7. The molecule has 0 heterocycles. The van der Waals surface area contributed by atoms with Crippen molar-refractivity contribution < 1.29 is 13.9 Å². The molecule has 5 heteroatoms. The summed E-state index contributed by atoms with van der Waals surface area (Å²) in [6.45, 7) is 5.39. The number of benzene rings is 1. The highest BCUT2D eigenvalue weighted by Gasteiger charge is 2.17. The highest BCUT2D eigenvalue weighted by Crippen LogP contribution is 2.19. The van der Waals surface area contributed by atoms with Gasteiger partial charge < -0.3 is 10.1 Å². The molecule has 1 amide bonds. The fourth-order valence-electron chi connectivity index (χ4n) is 1.37. The van der Waals surface area contributed by atoms with Crippen molar-refractivity contribution in [3.8, 4) is 11.8 Å². The minimum absolute atomic E-state index is 0.0363. The Morgan fingerprint density at radius 2 is 2.21 bits per heavy atom. The molecule has 1 rings (SSSR count). The Morgan fingerprint density at radius 3 is 2.74 bits per heavy atom. The van der Waals surface area contributed by atoms with Crippen molar-refractivity contribution in [3.63, 3.8) is 0 Å². The molecule has 0 aromatic heterocycles. The maximum absolute atomic E-state index is 13.6. The Bertz CT molecular complexity index is 497. The van der Waals surface area contributed by atoms with Crippen LogP contribution in [0.4, 0.5) is 4.39 Å². The topological polar surface area (TPSA) is 62.1 Å². The molecule has 1 aromatic rings. The molecule has 0 radical (unpaired) electrons. The van der Waals surface area contributed by atoms with Crippen LogP contribution >= 0.6 is 0 Å². The summed E-state index contributed by atoms with van der Waals surface area (Å²) >= 11 is 0. The largest absolute Gasteiger partial charge is 0.478 e. The van der Waals surface area contributed by atoms with Crippen LogP contribution in [0, 0.1) is 17.1 Å². The third-order valence-electron chi connectivity index (χ3n) is 2.73. The summed E-state index contributed by atoms with van der Waals surface area (Å²) in [7, 11) is 0. The van der Waals surface area contributed by atoms with Crippen molar-refractivity contribution >= 4 is 5.91 Å². The zero-order valence-corrected chi connectivity index (χ0v) is 11.2. The number of rotatable bonds is 5. The molecule has 0 saturated carbocycles. The number of nitrogens with zero attached hydrogens (tertiary/aromatic N) is 1. The van der Waals surface area contributed by atoms with E-state index in [1.807, 2.05) is 19.9 Å². The lowest BCUT2D eigenvalue weighted by atomic mass is 10.2. The second-order valence-corrected chi connectivity index (χ2v) is 4.33. The molecule has 0 fully saturated rings. The fraction of sp³-hybridized carbons (Fsp3) is 0.429. The summed E-state index contributed by atoms with van der Waals surface area (Å²) in [6, 6.07) is 5.74. The van der Waals surface area contributed by atoms with Crippen molar-refractivity contribution in [2.24, 2.45) is 0 Å². The zero-order valence-electron chi connectivity index (χ0n) is 11.2. The first-order valence-corrected chi connectivity index (χ1v) is 6.14. The van der Waals surface area contributed by atoms with Crippen LogP contribution in [0.25, 0.3) is 0 Å². The van der Waals surface area contributed by atoms with E-state index in [2.05, 4.69) is 5.32 Å². The number of ether oxygens (including phenoxy) is 1. The monoisotopic (exact) mass is 264 g/mol. The number of hydrogen-bond acceptors (Lipinski definition) is 3. The predicted octanol–water partition coefficient (Wildman–Crippen LogP) is 2.38. The van der Waals surface area contributed by atoms with Crippen molar-refractivity contribution in [3.05, 3.63) is 29.6 Å². The average Bonchev–Trinajstić information content (AvgIpc) is 2.40. The van der Waals surface area contributed by atoms with Crippen molar-refractivity contribution in [2.45, 2.75) is 39.3 Å². The van der Waals surface area contributed by atoms with Gasteiger partial charge in [0.2, 0.25) is 0 Å². The summed E-state index contributed by atoms with van der Waals surface area (Å²) in [5, 5.41) is 11.4. The van der Waals surface area contributed by atoms with E-state index in [1.165, 1.54) is 12.1 Å². The van der Waals surface area contributed by atoms with Crippen LogP contribution in [-0.2, 0) is 4.79 Å². The molecule has 1 N–H and O–H groups in total. The molecule has 4 nitrogen and oxygen atoms in total. The molecule has 0 saturated heterocycles. The van der Waals surface area contributed by atoms with Crippen molar-refractivity contribution in [2.75, 3.05) is 0 Å². The minimum atomic E-state index is -0.795. The lowest BCUT2D eigenvalue weighted by molar-refractivity contribution is -0.127. The van der Waals surface area contributed by atoms with E-state index in [0.29, 0.717) is 0 Å². The first-order valence-electron chi connectivity index (χ1n) is 6.14. The van der Waals surface area contributed by atoms with Gasteiger partial charge in [-0.2, -0.15) is 5.26 Å². The van der Waals surface area contributed by atoms with Crippen LogP contribution in [0.3, 0.4) is 0 Å². The summed E-state index contributed by atoms with van der Waals surface area (Å²) in [6.07, 6.45) is 0.0142. The quantitative estimate of drug-likeness (QED) is 0.888. The molecular formula is C14H17FN2O2. The maximum atomic E-state index is 13.6. The van der Waals surface area contributed by atoms with Gasteiger partial charge in [0.15, 0.2) is 17.7 Å². The van der Waals surface area contributed by atoms with Crippen LogP contribution < -0.4 is 10.1 Å². The van der Waals surface area contributed by atoms with Crippen LogP contribution in [0.15, 0.2) is 18.2 Å². The van der Waals surface area contributed by atoms with E-state index >= 15 is 0 Å². The molecule has 0 spiro atoms. The molecule has 102 valence electrons. The number of nitriles is 1. The Hall–Kier alpha value is -2.09. The SMILES string of the molecule is CCC(C)NC(=O)C(C)Oc1ccc(C#N)cc1F. The number of hydrogen-bond donors (Lipinski definition) is 1. The average molecular weight is 264 g/mol. The standard InChI is InChI=1S/C14H17FN2O2/c1-4-9(2)17-14(18)10(3)19-13-6-5-11(8-16)7-12(13)15/h5-7,9-10H,4H2,1-3H3,(H,17,18). The first-order chi connectivity index (χ1) is 8.97. The van der Waals surface area contributed by atoms with Crippen LogP contribution in [0.1, 0.15) is 32.8 Å². The van der Waals surface area contributed by atoms with Gasteiger partial charge in [-0.3, -0.25) is 4.79 Å². The van der Waals surface area contributed by atoms with E-state index in [4.69, 9.17) is 10.00 Å². The molecule has 0 aliphatic rings. The molecule has 0 bridgehead atoms. The van der Waals surface area contributed by atoms with Gasteiger partial charge in [0.25, 0.3) is 5.91 Å². The maximum Gasteiger partial charge on any atom is 0.260 e. The third-order valence-corrected chi connectivity index (χ3v) is 2.73. The molecule has 19 heavy (non-hydrogen) atoms. The van der Waals surface area contributed by atoms with Gasteiger partial charge in [-0.05, 0) is 38.5 Å². The number of carbonyl (C=O) groups is 1. The summed E-state index contributed by atoms with van der Waals surface area (Å²) < 4.78 is 18.8. The lowest BCUT2D eigenvalue weighted by Crippen LogP contribution is -2.41. The van der Waals surface area contributed by atoms with Gasteiger partial charge in [0.1, 0.15) is 0 Å². The van der Waals surface area contributed by atoms with Gasteiger partial charge in [0.05, 0.1) is 11.6 Å². The van der Waals surface area contributed by atoms with Gasteiger partial charge in [0, 0.05) is 6.04 Å². The van der Waals surface area contributed by atoms with E-state index in [-0.39, 0.29) is 23.3 Å². The van der Waals surface area contributed by atoms with E-state index in [9.17, 15) is 9.18 Å². The lowest BCUT2D eigenvalue weighted by Gasteiger charge is -2.18. The molecule has 0 aliphatic heterocycles. The summed E-state index contributed by atoms with van der Waals surface area (Å²) in [5.41, 5.74) is 0.210. The first kappa shape index (κ1) is 15.0. The third kappa shape index (κ3) is 4.25. The van der Waals surface area contributed by atoms with E-state index < -0.39 is 11.9 Å². The highest BCUT2D eigenvalue weighted by molar-refractivity contribution is 5.80. The van der Waals surface area contributed by atoms with Gasteiger partial charge in [-0.25, -0.2) is 4.39 Å². The smallest absolute Gasteiger partial charge is 0.260 e. The second kappa shape index (κ2) is 6.74. The number of halogens is 1.